The van der Waals surface area contributed by atoms with E-state index < -0.39 is 17.7 Å². The number of benzene rings is 2. The molecular weight excluding hydrogens is 256 g/mol. The minimum Gasteiger partial charge on any atom is -0.413 e. The van der Waals surface area contributed by atoms with Crippen molar-refractivity contribution in [3.63, 3.8) is 0 Å². The number of esters is 2. The first kappa shape index (κ1) is 12.4. The van der Waals surface area contributed by atoms with Crippen molar-refractivity contribution in [2.45, 2.75) is 12.2 Å². The highest BCUT2D eigenvalue weighted by atomic mass is 16.7. The lowest BCUT2D eigenvalue weighted by molar-refractivity contribution is -0.234. The van der Waals surface area contributed by atoms with Gasteiger partial charge in [-0.25, -0.2) is 0 Å². The lowest BCUT2D eigenvalue weighted by Crippen LogP contribution is -2.43. The third-order valence-corrected chi connectivity index (χ3v) is 3.11. The SMILES string of the molecule is O=C1CC(=O)OC(c2ccccc2)(c2ccccc2)O1. The lowest BCUT2D eigenvalue weighted by Gasteiger charge is -2.36. The van der Waals surface area contributed by atoms with Gasteiger partial charge in [0, 0.05) is 11.1 Å². The van der Waals surface area contributed by atoms with Crippen molar-refractivity contribution < 1.29 is 19.1 Å². The molecule has 0 spiro atoms. The molecule has 100 valence electrons. The molecule has 0 aromatic heterocycles. The van der Waals surface area contributed by atoms with Gasteiger partial charge < -0.3 is 9.47 Å². The fraction of sp³-hybridized carbons (Fsp3) is 0.125. The second-order valence-corrected chi connectivity index (χ2v) is 4.47. The van der Waals surface area contributed by atoms with Crippen LogP contribution in [0, 0.1) is 0 Å². The normalized spacial score (nSPS) is 17.2. The predicted octanol–water partition coefficient (Wildman–Crippen LogP) is 2.38. The highest BCUT2D eigenvalue weighted by molar-refractivity contribution is 5.93. The van der Waals surface area contributed by atoms with Crippen LogP contribution in [0.2, 0.25) is 0 Å². The van der Waals surface area contributed by atoms with E-state index in [0.717, 1.165) is 0 Å². The van der Waals surface area contributed by atoms with Crippen LogP contribution in [0.5, 0.6) is 0 Å². The molecule has 2 aromatic carbocycles. The third kappa shape index (κ3) is 2.05. The highest BCUT2D eigenvalue weighted by Gasteiger charge is 2.46. The van der Waals surface area contributed by atoms with Crippen molar-refractivity contribution in [3.8, 4) is 0 Å². The van der Waals surface area contributed by atoms with E-state index in [4.69, 9.17) is 9.47 Å². The summed E-state index contributed by atoms with van der Waals surface area (Å²) in [5.41, 5.74) is 1.21. The van der Waals surface area contributed by atoms with Crippen LogP contribution in [-0.2, 0) is 24.8 Å². The molecule has 1 saturated heterocycles. The zero-order valence-corrected chi connectivity index (χ0v) is 10.6. The standard InChI is InChI=1S/C16H12O4/c17-14-11-15(18)20-16(19-14,12-7-3-1-4-8-12)13-9-5-2-6-10-13/h1-10H,11H2. The number of rotatable bonds is 2. The van der Waals surface area contributed by atoms with Crippen LogP contribution >= 0.6 is 0 Å². The first-order chi connectivity index (χ1) is 9.71. The maximum Gasteiger partial charge on any atom is 0.320 e. The van der Waals surface area contributed by atoms with Gasteiger partial charge in [-0.05, 0) is 0 Å². The van der Waals surface area contributed by atoms with Gasteiger partial charge in [0.25, 0.3) is 0 Å². The highest BCUT2D eigenvalue weighted by Crippen LogP contribution is 2.38. The zero-order chi connectivity index (χ0) is 14.0. The minimum atomic E-state index is -1.49. The molecule has 0 saturated carbocycles. The van der Waals surface area contributed by atoms with Crippen molar-refractivity contribution in [2.24, 2.45) is 0 Å². The Bertz CT molecular complexity index is 577. The monoisotopic (exact) mass is 268 g/mol. The Morgan fingerprint density at radius 3 is 1.50 bits per heavy atom. The summed E-state index contributed by atoms with van der Waals surface area (Å²) in [7, 11) is 0. The molecule has 0 aliphatic carbocycles. The van der Waals surface area contributed by atoms with Gasteiger partial charge in [0.1, 0.15) is 6.42 Å². The van der Waals surface area contributed by atoms with Gasteiger partial charge in [0.05, 0.1) is 0 Å². The number of cyclic esters (lactones) is 2. The summed E-state index contributed by atoms with van der Waals surface area (Å²) in [4.78, 5) is 23.4. The van der Waals surface area contributed by atoms with E-state index in [1.54, 1.807) is 48.5 Å². The van der Waals surface area contributed by atoms with Crippen molar-refractivity contribution in [1.82, 2.24) is 0 Å². The van der Waals surface area contributed by atoms with Gasteiger partial charge in [-0.15, -0.1) is 0 Å². The Balaban J connectivity index is 2.18. The zero-order valence-electron chi connectivity index (χ0n) is 10.6. The Morgan fingerprint density at radius 2 is 1.10 bits per heavy atom. The smallest absolute Gasteiger partial charge is 0.320 e. The maximum atomic E-state index is 11.7. The fourth-order valence-electron chi connectivity index (χ4n) is 2.25. The second-order valence-electron chi connectivity index (χ2n) is 4.47. The van der Waals surface area contributed by atoms with E-state index in [2.05, 4.69) is 0 Å². The Morgan fingerprint density at radius 1 is 0.700 bits per heavy atom. The number of carbonyl (C=O) groups excluding carboxylic acids is 2. The van der Waals surface area contributed by atoms with Crippen LogP contribution in [0.15, 0.2) is 60.7 Å². The van der Waals surface area contributed by atoms with Gasteiger partial charge in [-0.1, -0.05) is 60.7 Å². The van der Waals surface area contributed by atoms with Crippen molar-refractivity contribution in [1.29, 1.82) is 0 Å². The van der Waals surface area contributed by atoms with E-state index in [0.29, 0.717) is 11.1 Å². The summed E-state index contributed by atoms with van der Waals surface area (Å²) in [6.45, 7) is 0. The summed E-state index contributed by atoms with van der Waals surface area (Å²) >= 11 is 0. The third-order valence-electron chi connectivity index (χ3n) is 3.11. The molecule has 1 aliphatic rings. The Kier molecular flexibility index (Phi) is 2.99. The summed E-state index contributed by atoms with van der Waals surface area (Å²) in [6, 6.07) is 17.9. The largest absolute Gasteiger partial charge is 0.413 e. The fourth-order valence-corrected chi connectivity index (χ4v) is 2.25. The van der Waals surface area contributed by atoms with Gasteiger partial charge in [-0.2, -0.15) is 0 Å². The van der Waals surface area contributed by atoms with E-state index in [-0.39, 0.29) is 6.42 Å². The van der Waals surface area contributed by atoms with Gasteiger partial charge in [0.15, 0.2) is 0 Å². The van der Waals surface area contributed by atoms with Crippen LogP contribution in [-0.4, -0.2) is 11.9 Å². The molecule has 0 radical (unpaired) electrons. The number of ether oxygens (including phenoxy) is 2. The van der Waals surface area contributed by atoms with Gasteiger partial charge in [-0.3, -0.25) is 9.59 Å². The molecule has 4 heteroatoms. The number of hydrogen-bond donors (Lipinski definition) is 0. The quantitative estimate of drug-likeness (QED) is 0.620. The molecule has 1 fully saturated rings. The molecule has 1 heterocycles. The number of hydrogen-bond acceptors (Lipinski definition) is 4. The van der Waals surface area contributed by atoms with Crippen molar-refractivity contribution in [3.05, 3.63) is 71.8 Å². The van der Waals surface area contributed by atoms with E-state index >= 15 is 0 Å². The van der Waals surface area contributed by atoms with Crippen molar-refractivity contribution in [2.75, 3.05) is 0 Å². The summed E-state index contributed by atoms with van der Waals surface area (Å²) < 4.78 is 10.9. The average molecular weight is 268 g/mol. The topological polar surface area (TPSA) is 52.6 Å². The molecule has 0 bridgehead atoms. The summed E-state index contributed by atoms with van der Waals surface area (Å²) in [5.74, 6) is -2.67. The van der Waals surface area contributed by atoms with E-state index in [9.17, 15) is 9.59 Å². The summed E-state index contributed by atoms with van der Waals surface area (Å²) in [5, 5.41) is 0. The predicted molar refractivity (Wildman–Crippen MR) is 70.5 cm³/mol. The molecule has 2 aromatic rings. The molecule has 20 heavy (non-hydrogen) atoms. The lowest BCUT2D eigenvalue weighted by atomic mass is 9.96. The summed E-state index contributed by atoms with van der Waals surface area (Å²) in [6.07, 6.45) is -0.360. The Hall–Kier alpha value is -2.62. The van der Waals surface area contributed by atoms with Crippen LogP contribution in [0.25, 0.3) is 0 Å². The van der Waals surface area contributed by atoms with Crippen LogP contribution < -0.4 is 0 Å². The molecule has 0 atom stereocenters. The second kappa shape index (κ2) is 4.81. The van der Waals surface area contributed by atoms with Crippen LogP contribution in [0.3, 0.4) is 0 Å². The molecule has 0 amide bonds. The number of carbonyl (C=O) groups is 2. The molecule has 4 nitrogen and oxygen atoms in total. The first-order valence-electron chi connectivity index (χ1n) is 6.25. The maximum absolute atomic E-state index is 11.7. The molecule has 3 rings (SSSR count). The first-order valence-corrected chi connectivity index (χ1v) is 6.25. The van der Waals surface area contributed by atoms with Crippen LogP contribution in [0.1, 0.15) is 17.5 Å². The average Bonchev–Trinajstić information content (AvgIpc) is 2.48. The van der Waals surface area contributed by atoms with E-state index in [1.807, 2.05) is 12.1 Å². The van der Waals surface area contributed by atoms with Gasteiger partial charge in [0.2, 0.25) is 0 Å². The Labute approximate surface area is 115 Å². The van der Waals surface area contributed by atoms with Gasteiger partial charge >= 0.3 is 17.7 Å². The minimum absolute atomic E-state index is 0.360. The van der Waals surface area contributed by atoms with E-state index in [1.165, 1.54) is 0 Å². The molecule has 0 unspecified atom stereocenters. The molecular formula is C16H12O4. The molecule has 0 N–H and O–H groups in total. The molecule has 1 aliphatic heterocycles. The van der Waals surface area contributed by atoms with Crippen LogP contribution in [0.4, 0.5) is 0 Å². The van der Waals surface area contributed by atoms with Crippen molar-refractivity contribution >= 4 is 11.9 Å².